The smallest absolute Gasteiger partial charge is 0.242 e. The van der Waals surface area contributed by atoms with Crippen molar-refractivity contribution in [2.45, 2.75) is 19.4 Å². The summed E-state index contributed by atoms with van der Waals surface area (Å²) in [4.78, 5) is 26.3. The second-order valence-corrected chi connectivity index (χ2v) is 6.55. The van der Waals surface area contributed by atoms with Crippen LogP contribution in [0, 0.1) is 6.92 Å². The van der Waals surface area contributed by atoms with Crippen molar-refractivity contribution < 1.29 is 14.3 Å². The monoisotopic (exact) mass is 352 g/mol. The van der Waals surface area contributed by atoms with Gasteiger partial charge in [0.2, 0.25) is 11.8 Å². The minimum atomic E-state index is -0.142. The molecule has 5 heteroatoms. The fourth-order valence-corrected chi connectivity index (χ4v) is 3.10. The topological polar surface area (TPSA) is 58.6 Å². The third-order valence-corrected chi connectivity index (χ3v) is 4.47. The van der Waals surface area contributed by atoms with Crippen molar-refractivity contribution in [3.05, 3.63) is 71.3 Å². The maximum atomic E-state index is 12.4. The largest absolute Gasteiger partial charge is 0.370 e. The van der Waals surface area contributed by atoms with Gasteiger partial charge in [-0.25, -0.2) is 0 Å². The van der Waals surface area contributed by atoms with Gasteiger partial charge in [0.15, 0.2) is 0 Å². The molecule has 1 N–H and O–H groups in total. The van der Waals surface area contributed by atoms with Crippen LogP contribution in [-0.2, 0) is 20.7 Å². The van der Waals surface area contributed by atoms with Crippen LogP contribution in [0.1, 0.15) is 22.8 Å². The van der Waals surface area contributed by atoms with Gasteiger partial charge in [-0.1, -0.05) is 60.2 Å². The Morgan fingerprint density at radius 2 is 1.96 bits per heavy atom. The maximum absolute atomic E-state index is 12.4. The van der Waals surface area contributed by atoms with Gasteiger partial charge in [-0.2, -0.15) is 0 Å². The summed E-state index contributed by atoms with van der Waals surface area (Å²) in [5.74, 6) is -0.219. The van der Waals surface area contributed by atoms with Gasteiger partial charge in [-0.15, -0.1) is 0 Å². The molecular weight excluding hydrogens is 328 g/mol. The number of amides is 2. The van der Waals surface area contributed by atoms with E-state index in [0.717, 1.165) is 16.7 Å². The molecular formula is C21H24N2O3. The summed E-state index contributed by atoms with van der Waals surface area (Å²) in [5, 5.41) is 2.73. The number of rotatable bonds is 5. The molecule has 0 saturated carbocycles. The zero-order valence-electron chi connectivity index (χ0n) is 15.0. The van der Waals surface area contributed by atoms with Crippen molar-refractivity contribution in [2.75, 3.05) is 26.2 Å². The average Bonchev–Trinajstić information content (AvgIpc) is 2.67. The molecule has 1 heterocycles. The third kappa shape index (κ3) is 4.92. The lowest BCUT2D eigenvalue weighted by Crippen LogP contribution is -2.46. The highest BCUT2D eigenvalue weighted by atomic mass is 16.5. The Hall–Kier alpha value is -2.66. The van der Waals surface area contributed by atoms with Crippen molar-refractivity contribution >= 4 is 11.8 Å². The molecule has 1 atom stereocenters. The van der Waals surface area contributed by atoms with Crippen molar-refractivity contribution in [1.29, 1.82) is 0 Å². The highest BCUT2D eigenvalue weighted by molar-refractivity contribution is 5.85. The van der Waals surface area contributed by atoms with Gasteiger partial charge in [0.05, 0.1) is 26.1 Å². The first-order valence-electron chi connectivity index (χ1n) is 8.88. The van der Waals surface area contributed by atoms with Gasteiger partial charge < -0.3 is 15.0 Å². The Morgan fingerprint density at radius 3 is 2.73 bits per heavy atom. The summed E-state index contributed by atoms with van der Waals surface area (Å²) >= 11 is 0. The number of benzene rings is 2. The quantitative estimate of drug-likeness (QED) is 0.898. The van der Waals surface area contributed by atoms with Gasteiger partial charge in [-0.3, -0.25) is 9.59 Å². The van der Waals surface area contributed by atoms with Gasteiger partial charge >= 0.3 is 0 Å². The van der Waals surface area contributed by atoms with Gasteiger partial charge in [0.25, 0.3) is 0 Å². The van der Waals surface area contributed by atoms with Crippen molar-refractivity contribution in [2.24, 2.45) is 0 Å². The molecule has 0 spiro atoms. The Morgan fingerprint density at radius 1 is 1.15 bits per heavy atom. The predicted molar refractivity (Wildman–Crippen MR) is 99.6 cm³/mol. The van der Waals surface area contributed by atoms with Gasteiger partial charge in [0, 0.05) is 6.54 Å². The molecule has 1 aliphatic heterocycles. The van der Waals surface area contributed by atoms with Crippen molar-refractivity contribution in [3.8, 4) is 0 Å². The third-order valence-electron chi connectivity index (χ3n) is 4.47. The molecule has 0 unspecified atom stereocenters. The van der Waals surface area contributed by atoms with E-state index in [1.165, 1.54) is 0 Å². The van der Waals surface area contributed by atoms with Gasteiger partial charge in [0.1, 0.15) is 6.10 Å². The van der Waals surface area contributed by atoms with E-state index in [1.807, 2.05) is 61.5 Å². The molecule has 1 aliphatic rings. The number of nitrogens with zero attached hydrogens (tertiary/aromatic N) is 1. The molecule has 2 amide bonds. The van der Waals surface area contributed by atoms with E-state index in [4.69, 9.17) is 4.74 Å². The van der Waals surface area contributed by atoms with Crippen LogP contribution < -0.4 is 5.32 Å². The Bertz CT molecular complexity index is 761. The molecule has 2 aromatic carbocycles. The second kappa shape index (κ2) is 8.63. The van der Waals surface area contributed by atoms with Crippen LogP contribution >= 0.6 is 0 Å². The molecule has 5 nitrogen and oxygen atoms in total. The number of aryl methyl sites for hydroxylation is 1. The summed E-state index contributed by atoms with van der Waals surface area (Å²) in [6.45, 7) is 3.58. The molecule has 0 aliphatic carbocycles. The minimum absolute atomic E-state index is 0.0200. The lowest BCUT2D eigenvalue weighted by Gasteiger charge is -2.33. The number of nitrogens with one attached hydrogen (secondary N) is 1. The van der Waals surface area contributed by atoms with Crippen LogP contribution in [-0.4, -0.2) is 43.0 Å². The second-order valence-electron chi connectivity index (χ2n) is 6.55. The van der Waals surface area contributed by atoms with E-state index in [9.17, 15) is 9.59 Å². The Kier molecular flexibility index (Phi) is 6.02. The molecule has 0 bridgehead atoms. The van der Waals surface area contributed by atoms with Crippen LogP contribution in [0.5, 0.6) is 0 Å². The first-order valence-corrected chi connectivity index (χ1v) is 8.88. The van der Waals surface area contributed by atoms with Crippen LogP contribution in [0.3, 0.4) is 0 Å². The summed E-state index contributed by atoms with van der Waals surface area (Å²) in [7, 11) is 0. The number of ether oxygens (including phenoxy) is 1. The normalized spacial score (nSPS) is 17.0. The first-order chi connectivity index (χ1) is 12.6. The zero-order chi connectivity index (χ0) is 18.4. The number of hydrogen-bond acceptors (Lipinski definition) is 3. The number of carbonyl (C=O) groups is 2. The molecule has 2 aromatic rings. The summed E-state index contributed by atoms with van der Waals surface area (Å²) in [6, 6.07) is 17.7. The van der Waals surface area contributed by atoms with E-state index in [0.29, 0.717) is 19.7 Å². The zero-order valence-corrected chi connectivity index (χ0v) is 15.0. The average molecular weight is 352 g/mol. The first kappa shape index (κ1) is 18.1. The molecule has 26 heavy (non-hydrogen) atoms. The molecule has 1 saturated heterocycles. The van der Waals surface area contributed by atoms with Crippen molar-refractivity contribution in [3.63, 3.8) is 0 Å². The van der Waals surface area contributed by atoms with Crippen LogP contribution in [0.4, 0.5) is 0 Å². The number of morpholine rings is 1. The van der Waals surface area contributed by atoms with Gasteiger partial charge in [-0.05, 0) is 18.1 Å². The van der Waals surface area contributed by atoms with E-state index in [2.05, 4.69) is 5.32 Å². The predicted octanol–water partition coefficient (Wildman–Crippen LogP) is 2.25. The van der Waals surface area contributed by atoms with Crippen LogP contribution in [0.25, 0.3) is 0 Å². The van der Waals surface area contributed by atoms with E-state index < -0.39 is 0 Å². The summed E-state index contributed by atoms with van der Waals surface area (Å²) in [5.41, 5.74) is 3.13. The molecule has 136 valence electrons. The Balaban J connectivity index is 1.49. The lowest BCUT2D eigenvalue weighted by atomic mass is 10.1. The molecule has 3 rings (SSSR count). The van der Waals surface area contributed by atoms with E-state index >= 15 is 0 Å². The molecule has 0 aromatic heterocycles. The molecule has 0 radical (unpaired) electrons. The molecule has 1 fully saturated rings. The van der Waals surface area contributed by atoms with Crippen molar-refractivity contribution in [1.82, 2.24) is 10.2 Å². The fraction of sp³-hybridized carbons (Fsp3) is 0.333. The SMILES string of the molecule is Cc1cccc(CC(=O)NCC(=O)N2CCO[C@H](c3ccccc3)C2)c1. The van der Waals surface area contributed by atoms with E-state index in [-0.39, 0.29) is 30.9 Å². The standard InChI is InChI=1S/C21H24N2O3/c1-16-6-5-7-17(12-16)13-20(24)22-14-21(25)23-10-11-26-19(15-23)18-8-3-2-4-9-18/h2-9,12,19H,10-11,13-15H2,1H3,(H,22,24)/t19-/m0/s1. The fourth-order valence-electron chi connectivity index (χ4n) is 3.10. The highest BCUT2D eigenvalue weighted by Gasteiger charge is 2.25. The summed E-state index contributed by atoms with van der Waals surface area (Å²) in [6.07, 6.45) is 0.168. The Labute approximate surface area is 154 Å². The summed E-state index contributed by atoms with van der Waals surface area (Å²) < 4.78 is 5.78. The number of carbonyl (C=O) groups excluding carboxylic acids is 2. The highest BCUT2D eigenvalue weighted by Crippen LogP contribution is 2.21. The maximum Gasteiger partial charge on any atom is 0.242 e. The number of hydrogen-bond donors (Lipinski definition) is 1. The van der Waals surface area contributed by atoms with E-state index in [1.54, 1.807) is 4.90 Å². The van der Waals surface area contributed by atoms with Crippen LogP contribution in [0.15, 0.2) is 54.6 Å². The minimum Gasteiger partial charge on any atom is -0.370 e. The lowest BCUT2D eigenvalue weighted by molar-refractivity contribution is -0.139. The van der Waals surface area contributed by atoms with Crippen LogP contribution in [0.2, 0.25) is 0 Å².